The lowest BCUT2D eigenvalue weighted by Gasteiger charge is -2.21. The zero-order chi connectivity index (χ0) is 13.0. The second-order valence-corrected chi connectivity index (χ2v) is 4.70. The van der Waals surface area contributed by atoms with Gasteiger partial charge in [0, 0.05) is 12.6 Å². The molecule has 1 fully saturated rings. The predicted octanol–water partition coefficient (Wildman–Crippen LogP) is 1.99. The Morgan fingerprint density at radius 1 is 1.50 bits per heavy atom. The second-order valence-electron chi connectivity index (χ2n) is 4.70. The quantitative estimate of drug-likeness (QED) is 0.827. The van der Waals surface area contributed by atoms with Crippen molar-refractivity contribution < 1.29 is 9.90 Å². The van der Waals surface area contributed by atoms with E-state index in [1.165, 1.54) is 0 Å². The van der Waals surface area contributed by atoms with Gasteiger partial charge in [-0.3, -0.25) is 4.79 Å². The van der Waals surface area contributed by atoms with Crippen molar-refractivity contribution >= 4 is 12.0 Å². The van der Waals surface area contributed by atoms with Gasteiger partial charge in [0.05, 0.1) is 12.6 Å². The maximum absolute atomic E-state index is 12.0. The van der Waals surface area contributed by atoms with E-state index in [1.54, 1.807) is 11.0 Å². The first-order valence-electron chi connectivity index (χ1n) is 6.37. The molecule has 3 nitrogen and oxygen atoms in total. The molecule has 0 spiro atoms. The van der Waals surface area contributed by atoms with Crippen LogP contribution in [0.4, 0.5) is 0 Å². The van der Waals surface area contributed by atoms with E-state index in [2.05, 4.69) is 0 Å². The maximum Gasteiger partial charge on any atom is 0.246 e. The topological polar surface area (TPSA) is 40.5 Å². The molecule has 18 heavy (non-hydrogen) atoms. The molecule has 96 valence electrons. The number of rotatable bonds is 3. The number of aliphatic hydroxyl groups excluding tert-OH is 1. The molecule has 0 radical (unpaired) electrons. The summed E-state index contributed by atoms with van der Waals surface area (Å²) in [5.41, 5.74) is 2.22. The Hall–Kier alpha value is -1.61. The van der Waals surface area contributed by atoms with Crippen LogP contribution in [-0.4, -0.2) is 35.1 Å². The van der Waals surface area contributed by atoms with E-state index >= 15 is 0 Å². The van der Waals surface area contributed by atoms with Gasteiger partial charge in [-0.2, -0.15) is 0 Å². The van der Waals surface area contributed by atoms with E-state index in [9.17, 15) is 9.90 Å². The van der Waals surface area contributed by atoms with Gasteiger partial charge in [0.15, 0.2) is 0 Å². The molecule has 1 saturated heterocycles. The van der Waals surface area contributed by atoms with Crippen molar-refractivity contribution in [2.75, 3.05) is 13.2 Å². The molecule has 1 amide bonds. The van der Waals surface area contributed by atoms with Crippen molar-refractivity contribution in [2.24, 2.45) is 0 Å². The van der Waals surface area contributed by atoms with Gasteiger partial charge in [0.1, 0.15) is 0 Å². The first-order chi connectivity index (χ1) is 8.72. The monoisotopic (exact) mass is 245 g/mol. The summed E-state index contributed by atoms with van der Waals surface area (Å²) < 4.78 is 0. The van der Waals surface area contributed by atoms with Crippen LogP contribution in [0.2, 0.25) is 0 Å². The number of aliphatic hydroxyl groups is 1. The van der Waals surface area contributed by atoms with E-state index < -0.39 is 0 Å². The van der Waals surface area contributed by atoms with Crippen LogP contribution in [0.25, 0.3) is 6.08 Å². The van der Waals surface area contributed by atoms with Crippen LogP contribution in [0.15, 0.2) is 30.3 Å². The minimum Gasteiger partial charge on any atom is -0.394 e. The van der Waals surface area contributed by atoms with Gasteiger partial charge in [-0.1, -0.05) is 24.3 Å². The van der Waals surface area contributed by atoms with Crippen molar-refractivity contribution in [3.05, 3.63) is 41.5 Å². The Kier molecular flexibility index (Phi) is 4.15. The molecule has 1 aromatic carbocycles. The minimum atomic E-state index is -0.00481. The number of hydrogen-bond acceptors (Lipinski definition) is 2. The van der Waals surface area contributed by atoms with Crippen molar-refractivity contribution in [3.8, 4) is 0 Å². The van der Waals surface area contributed by atoms with Crippen molar-refractivity contribution in [2.45, 2.75) is 25.8 Å². The number of aryl methyl sites for hydroxylation is 1. The number of nitrogens with zero attached hydrogens (tertiary/aromatic N) is 1. The standard InChI is InChI=1S/C15H19NO2/c1-12-5-2-3-6-13(12)8-9-15(18)16-10-4-7-14(16)11-17/h2-3,5-6,8-9,14,17H,4,7,10-11H2,1H3/b9-8+/t14-/m1/s1. The summed E-state index contributed by atoms with van der Waals surface area (Å²) in [7, 11) is 0. The lowest BCUT2D eigenvalue weighted by atomic mass is 10.1. The Morgan fingerprint density at radius 3 is 3.00 bits per heavy atom. The highest BCUT2D eigenvalue weighted by atomic mass is 16.3. The van der Waals surface area contributed by atoms with E-state index in [-0.39, 0.29) is 18.6 Å². The summed E-state index contributed by atoms with van der Waals surface area (Å²) in [4.78, 5) is 13.8. The SMILES string of the molecule is Cc1ccccc1/C=C/C(=O)N1CCC[C@@H]1CO. The fourth-order valence-electron chi connectivity index (χ4n) is 2.35. The average molecular weight is 245 g/mol. The fourth-order valence-corrected chi connectivity index (χ4v) is 2.35. The first-order valence-corrected chi connectivity index (χ1v) is 6.37. The molecule has 0 bridgehead atoms. The van der Waals surface area contributed by atoms with Crippen LogP contribution in [0.3, 0.4) is 0 Å². The van der Waals surface area contributed by atoms with Crippen LogP contribution < -0.4 is 0 Å². The summed E-state index contributed by atoms with van der Waals surface area (Å²) in [6.07, 6.45) is 5.34. The molecule has 2 rings (SSSR count). The molecular weight excluding hydrogens is 226 g/mol. The van der Waals surface area contributed by atoms with Crippen LogP contribution in [0.1, 0.15) is 24.0 Å². The number of carbonyl (C=O) groups is 1. The van der Waals surface area contributed by atoms with E-state index in [0.717, 1.165) is 30.5 Å². The molecule has 3 heteroatoms. The van der Waals surface area contributed by atoms with Gasteiger partial charge in [0.25, 0.3) is 0 Å². The van der Waals surface area contributed by atoms with Crippen molar-refractivity contribution in [3.63, 3.8) is 0 Å². The number of benzene rings is 1. The number of hydrogen-bond donors (Lipinski definition) is 1. The zero-order valence-corrected chi connectivity index (χ0v) is 10.7. The summed E-state index contributed by atoms with van der Waals surface area (Å²) in [5.74, 6) is -0.00481. The summed E-state index contributed by atoms with van der Waals surface area (Å²) in [6, 6.07) is 7.96. The molecule has 1 aliphatic heterocycles. The van der Waals surface area contributed by atoms with Crippen molar-refractivity contribution in [1.29, 1.82) is 0 Å². The summed E-state index contributed by atoms with van der Waals surface area (Å²) >= 11 is 0. The van der Waals surface area contributed by atoms with Crippen LogP contribution in [0, 0.1) is 6.92 Å². The first kappa shape index (κ1) is 12.8. The Labute approximate surface area is 108 Å². The highest BCUT2D eigenvalue weighted by molar-refractivity contribution is 5.92. The molecule has 1 heterocycles. The lowest BCUT2D eigenvalue weighted by Crippen LogP contribution is -2.36. The Bertz CT molecular complexity index is 454. The number of likely N-dealkylation sites (tertiary alicyclic amines) is 1. The molecular formula is C15H19NO2. The predicted molar refractivity (Wildman–Crippen MR) is 72.0 cm³/mol. The van der Waals surface area contributed by atoms with E-state index in [1.807, 2.05) is 37.3 Å². The normalized spacial score (nSPS) is 19.7. The second kappa shape index (κ2) is 5.83. The fraction of sp³-hybridized carbons (Fsp3) is 0.400. The third-order valence-electron chi connectivity index (χ3n) is 3.46. The number of carbonyl (C=O) groups excluding carboxylic acids is 1. The van der Waals surface area contributed by atoms with Gasteiger partial charge in [-0.15, -0.1) is 0 Å². The van der Waals surface area contributed by atoms with Crippen LogP contribution >= 0.6 is 0 Å². The summed E-state index contributed by atoms with van der Waals surface area (Å²) in [6.45, 7) is 2.84. The molecule has 0 aliphatic carbocycles. The third-order valence-corrected chi connectivity index (χ3v) is 3.46. The van der Waals surface area contributed by atoms with Gasteiger partial charge < -0.3 is 10.0 Å². The molecule has 0 saturated carbocycles. The average Bonchev–Trinajstić information content (AvgIpc) is 2.86. The number of amides is 1. The molecule has 1 N–H and O–H groups in total. The summed E-state index contributed by atoms with van der Waals surface area (Å²) in [5, 5.41) is 9.20. The van der Waals surface area contributed by atoms with Gasteiger partial charge in [-0.25, -0.2) is 0 Å². The Morgan fingerprint density at radius 2 is 2.28 bits per heavy atom. The lowest BCUT2D eigenvalue weighted by molar-refractivity contribution is -0.127. The highest BCUT2D eigenvalue weighted by Crippen LogP contribution is 2.17. The van der Waals surface area contributed by atoms with Crippen LogP contribution in [0.5, 0.6) is 0 Å². The van der Waals surface area contributed by atoms with Gasteiger partial charge in [-0.05, 0) is 37.0 Å². The minimum absolute atomic E-state index is 0.000907. The maximum atomic E-state index is 12.0. The van der Waals surface area contributed by atoms with Crippen LogP contribution in [-0.2, 0) is 4.79 Å². The van der Waals surface area contributed by atoms with Crippen molar-refractivity contribution in [1.82, 2.24) is 4.90 Å². The molecule has 0 aromatic heterocycles. The van der Waals surface area contributed by atoms with Gasteiger partial charge in [0.2, 0.25) is 5.91 Å². The van der Waals surface area contributed by atoms with E-state index in [4.69, 9.17) is 0 Å². The third kappa shape index (κ3) is 2.79. The molecule has 1 atom stereocenters. The highest BCUT2D eigenvalue weighted by Gasteiger charge is 2.26. The van der Waals surface area contributed by atoms with Gasteiger partial charge >= 0.3 is 0 Å². The molecule has 1 aliphatic rings. The molecule has 0 unspecified atom stereocenters. The van der Waals surface area contributed by atoms with E-state index in [0.29, 0.717) is 0 Å². The molecule has 1 aromatic rings. The largest absolute Gasteiger partial charge is 0.394 e. The zero-order valence-electron chi connectivity index (χ0n) is 10.7. The smallest absolute Gasteiger partial charge is 0.246 e. The Balaban J connectivity index is 2.05.